The highest BCUT2D eigenvalue weighted by atomic mass is 79.9. The lowest BCUT2D eigenvalue weighted by atomic mass is 10.3. The third kappa shape index (κ3) is 4.65. The molecule has 18 heavy (non-hydrogen) atoms. The van der Waals surface area contributed by atoms with Crippen molar-refractivity contribution in [3.63, 3.8) is 0 Å². The minimum Gasteiger partial charge on any atom is -0.480 e. The minimum atomic E-state index is -4.64. The van der Waals surface area contributed by atoms with Crippen LogP contribution in [0.2, 0.25) is 0 Å². The molecule has 1 heterocycles. The Bertz CT molecular complexity index is 460. The van der Waals surface area contributed by atoms with Crippen LogP contribution >= 0.6 is 27.3 Å². The van der Waals surface area contributed by atoms with Gasteiger partial charge in [0.1, 0.15) is 13.1 Å². The van der Waals surface area contributed by atoms with Crippen LogP contribution in [0.15, 0.2) is 15.9 Å². The molecule has 0 saturated heterocycles. The van der Waals surface area contributed by atoms with Gasteiger partial charge < -0.3 is 10.0 Å². The van der Waals surface area contributed by atoms with E-state index in [0.717, 1.165) is 11.3 Å². The van der Waals surface area contributed by atoms with E-state index in [1.165, 1.54) is 12.1 Å². The fraction of sp³-hybridized carbons (Fsp3) is 0.333. The number of amides is 1. The van der Waals surface area contributed by atoms with E-state index in [-0.39, 0.29) is 9.78 Å². The van der Waals surface area contributed by atoms with E-state index in [2.05, 4.69) is 15.9 Å². The third-order valence-electron chi connectivity index (χ3n) is 1.77. The molecule has 0 radical (unpaired) electrons. The first-order valence-corrected chi connectivity index (χ1v) is 6.13. The van der Waals surface area contributed by atoms with Crippen molar-refractivity contribution in [2.24, 2.45) is 0 Å². The summed E-state index contributed by atoms with van der Waals surface area (Å²) in [6.07, 6.45) is -4.64. The van der Waals surface area contributed by atoms with Crippen LogP contribution in [0, 0.1) is 0 Å². The Morgan fingerprint density at radius 1 is 1.39 bits per heavy atom. The van der Waals surface area contributed by atoms with Gasteiger partial charge in [-0.2, -0.15) is 13.2 Å². The second-order valence-electron chi connectivity index (χ2n) is 3.27. The van der Waals surface area contributed by atoms with Gasteiger partial charge in [0.2, 0.25) is 0 Å². The van der Waals surface area contributed by atoms with Crippen LogP contribution in [0.4, 0.5) is 13.2 Å². The number of hydrogen-bond donors (Lipinski definition) is 1. The molecule has 1 aromatic heterocycles. The normalized spacial score (nSPS) is 11.3. The molecule has 0 aromatic carbocycles. The second-order valence-corrected chi connectivity index (χ2v) is 5.74. The van der Waals surface area contributed by atoms with Gasteiger partial charge in [0, 0.05) is 0 Å². The number of halogens is 4. The lowest BCUT2D eigenvalue weighted by Crippen LogP contribution is -2.41. The molecule has 1 aromatic rings. The van der Waals surface area contributed by atoms with E-state index < -0.39 is 31.1 Å². The molecule has 0 aliphatic heterocycles. The number of alkyl halides is 3. The van der Waals surface area contributed by atoms with E-state index in [9.17, 15) is 22.8 Å². The zero-order valence-electron chi connectivity index (χ0n) is 8.70. The number of thiophene rings is 1. The topological polar surface area (TPSA) is 57.6 Å². The van der Waals surface area contributed by atoms with Crippen molar-refractivity contribution in [3.8, 4) is 0 Å². The number of carbonyl (C=O) groups is 2. The van der Waals surface area contributed by atoms with Crippen LogP contribution < -0.4 is 0 Å². The van der Waals surface area contributed by atoms with Crippen LogP contribution in [-0.2, 0) is 4.79 Å². The number of rotatable bonds is 4. The zero-order chi connectivity index (χ0) is 13.9. The van der Waals surface area contributed by atoms with Crippen LogP contribution in [0.1, 0.15) is 9.67 Å². The summed E-state index contributed by atoms with van der Waals surface area (Å²) in [6, 6.07) is 2.84. The summed E-state index contributed by atoms with van der Waals surface area (Å²) in [5, 5.41) is 8.51. The average molecular weight is 346 g/mol. The van der Waals surface area contributed by atoms with Crippen molar-refractivity contribution in [3.05, 3.63) is 20.8 Å². The number of carboxylic acid groups (broad SMARTS) is 1. The van der Waals surface area contributed by atoms with Crippen molar-refractivity contribution in [1.29, 1.82) is 0 Å². The summed E-state index contributed by atoms with van der Waals surface area (Å²) >= 11 is 4.01. The van der Waals surface area contributed by atoms with Crippen molar-refractivity contribution in [1.82, 2.24) is 4.90 Å². The van der Waals surface area contributed by atoms with E-state index in [1.54, 1.807) is 0 Å². The van der Waals surface area contributed by atoms with Crippen molar-refractivity contribution in [2.45, 2.75) is 6.18 Å². The van der Waals surface area contributed by atoms with Crippen LogP contribution in [0.3, 0.4) is 0 Å². The SMILES string of the molecule is O=C(O)CN(CC(F)(F)F)C(=O)c1ccc(Br)s1. The van der Waals surface area contributed by atoms with E-state index >= 15 is 0 Å². The third-order valence-corrected chi connectivity index (χ3v) is 3.38. The van der Waals surface area contributed by atoms with E-state index in [0.29, 0.717) is 3.79 Å². The standard InChI is InChI=1S/C9H7BrF3NO3S/c10-6-2-1-5(18-6)8(17)14(3-7(15)16)4-9(11,12)13/h1-2H,3-4H2,(H,15,16). The highest BCUT2D eigenvalue weighted by molar-refractivity contribution is 9.11. The largest absolute Gasteiger partial charge is 0.480 e. The summed E-state index contributed by atoms with van der Waals surface area (Å²) in [7, 11) is 0. The van der Waals surface area contributed by atoms with Gasteiger partial charge in [-0.15, -0.1) is 11.3 Å². The lowest BCUT2D eigenvalue weighted by Gasteiger charge is -2.21. The molecule has 4 nitrogen and oxygen atoms in total. The summed E-state index contributed by atoms with van der Waals surface area (Å²) in [5.41, 5.74) is 0. The number of carboxylic acids is 1. The summed E-state index contributed by atoms with van der Waals surface area (Å²) in [5.74, 6) is -2.45. The van der Waals surface area contributed by atoms with Crippen LogP contribution in [0.25, 0.3) is 0 Å². The second kappa shape index (κ2) is 5.70. The maximum atomic E-state index is 12.2. The smallest absolute Gasteiger partial charge is 0.406 e. The number of nitrogens with zero attached hydrogens (tertiary/aromatic N) is 1. The Kier molecular flexibility index (Phi) is 4.74. The summed E-state index contributed by atoms with van der Waals surface area (Å²) < 4.78 is 37.3. The molecule has 0 unspecified atom stereocenters. The monoisotopic (exact) mass is 345 g/mol. The molecule has 0 aliphatic rings. The van der Waals surface area contributed by atoms with Crippen molar-refractivity contribution < 1.29 is 27.9 Å². The number of hydrogen-bond acceptors (Lipinski definition) is 3. The molecule has 1 rings (SSSR count). The fourth-order valence-corrected chi connectivity index (χ4v) is 2.52. The van der Waals surface area contributed by atoms with Crippen molar-refractivity contribution in [2.75, 3.05) is 13.1 Å². The Hall–Kier alpha value is -1.09. The zero-order valence-corrected chi connectivity index (χ0v) is 11.1. The predicted octanol–water partition coefficient (Wildman–Crippen LogP) is 2.60. The van der Waals surface area contributed by atoms with E-state index in [1.807, 2.05) is 0 Å². The van der Waals surface area contributed by atoms with Crippen LogP contribution in [0.5, 0.6) is 0 Å². The minimum absolute atomic E-state index is 0.0485. The van der Waals surface area contributed by atoms with Gasteiger partial charge in [-0.3, -0.25) is 9.59 Å². The molecule has 0 saturated carbocycles. The van der Waals surface area contributed by atoms with Crippen molar-refractivity contribution >= 4 is 39.1 Å². The van der Waals surface area contributed by atoms with E-state index in [4.69, 9.17) is 5.11 Å². The summed E-state index contributed by atoms with van der Waals surface area (Å²) in [6.45, 7) is -2.58. The van der Waals surface area contributed by atoms with Gasteiger partial charge >= 0.3 is 12.1 Å². The van der Waals surface area contributed by atoms with Gasteiger partial charge in [-0.25, -0.2) is 0 Å². The molecular formula is C9H7BrF3NO3S. The number of carbonyl (C=O) groups excluding carboxylic acids is 1. The maximum absolute atomic E-state index is 12.2. The molecule has 0 aliphatic carbocycles. The molecule has 0 spiro atoms. The Morgan fingerprint density at radius 2 is 2.00 bits per heavy atom. The highest BCUT2D eigenvalue weighted by Crippen LogP contribution is 2.25. The van der Waals surface area contributed by atoms with Gasteiger partial charge in [-0.05, 0) is 28.1 Å². The highest BCUT2D eigenvalue weighted by Gasteiger charge is 2.34. The first-order chi connectivity index (χ1) is 8.19. The first kappa shape index (κ1) is 15.0. The molecule has 9 heteroatoms. The van der Waals surface area contributed by atoms with Gasteiger partial charge in [-0.1, -0.05) is 0 Å². The average Bonchev–Trinajstić information content (AvgIpc) is 2.59. The molecule has 0 bridgehead atoms. The van der Waals surface area contributed by atoms with Crippen LogP contribution in [-0.4, -0.2) is 41.1 Å². The molecular weight excluding hydrogens is 339 g/mol. The molecule has 100 valence electrons. The lowest BCUT2D eigenvalue weighted by molar-refractivity contribution is -0.149. The Labute approximate surface area is 112 Å². The molecule has 1 N–H and O–H groups in total. The van der Waals surface area contributed by atoms with Gasteiger partial charge in [0.15, 0.2) is 0 Å². The first-order valence-electron chi connectivity index (χ1n) is 4.52. The van der Waals surface area contributed by atoms with Gasteiger partial charge in [0.25, 0.3) is 5.91 Å². The predicted molar refractivity (Wildman–Crippen MR) is 61.6 cm³/mol. The molecule has 0 fully saturated rings. The Morgan fingerprint density at radius 3 is 2.39 bits per heavy atom. The molecule has 0 atom stereocenters. The quantitative estimate of drug-likeness (QED) is 0.912. The number of aliphatic carboxylic acids is 1. The maximum Gasteiger partial charge on any atom is 0.406 e. The Balaban J connectivity index is 2.88. The van der Waals surface area contributed by atoms with Gasteiger partial charge in [0.05, 0.1) is 8.66 Å². The molecule has 1 amide bonds. The fourth-order valence-electron chi connectivity index (χ4n) is 1.16. The summed E-state index contributed by atoms with van der Waals surface area (Å²) in [4.78, 5) is 22.5.